The molecule has 1 atom stereocenters. The highest BCUT2D eigenvalue weighted by Crippen LogP contribution is 2.29. The minimum absolute atomic E-state index is 0.445. The summed E-state index contributed by atoms with van der Waals surface area (Å²) in [6.45, 7) is 5.68. The predicted octanol–water partition coefficient (Wildman–Crippen LogP) is 2.11. The van der Waals surface area contributed by atoms with Crippen LogP contribution in [0.2, 0.25) is 0 Å². The quantitative estimate of drug-likeness (QED) is 0.665. The van der Waals surface area contributed by atoms with E-state index in [1.807, 2.05) is 36.4 Å². The maximum Gasteiger partial charge on any atom is 0.134 e. The molecule has 2 rings (SSSR count). The van der Waals surface area contributed by atoms with Crippen LogP contribution < -0.4 is 0 Å². The van der Waals surface area contributed by atoms with E-state index in [-0.39, 0.29) is 0 Å². The van der Waals surface area contributed by atoms with Gasteiger partial charge in [0.05, 0.1) is 19.8 Å². The zero-order valence-corrected chi connectivity index (χ0v) is 8.11. The van der Waals surface area contributed by atoms with Crippen LogP contribution in [0.3, 0.4) is 0 Å². The summed E-state index contributed by atoms with van der Waals surface area (Å²) in [7, 11) is 0. The Kier molecular flexibility index (Phi) is 2.66. The number of benzene rings is 1. The SMILES string of the molecule is C=C[C@]1(c2ccccc2)COCCO1. The molecule has 1 aromatic carbocycles. The molecule has 0 aliphatic carbocycles. The molecule has 0 radical (unpaired) electrons. The molecule has 1 saturated heterocycles. The fourth-order valence-corrected chi connectivity index (χ4v) is 1.67. The summed E-state index contributed by atoms with van der Waals surface area (Å²) in [6, 6.07) is 10.1. The van der Waals surface area contributed by atoms with Gasteiger partial charge < -0.3 is 9.47 Å². The summed E-state index contributed by atoms with van der Waals surface area (Å²) in [5.41, 5.74) is 0.661. The average Bonchev–Trinajstić information content (AvgIpc) is 2.31. The van der Waals surface area contributed by atoms with Gasteiger partial charge in [0.25, 0.3) is 0 Å². The molecule has 0 aromatic heterocycles. The summed E-state index contributed by atoms with van der Waals surface area (Å²) in [5.74, 6) is 0. The first-order valence-electron chi connectivity index (χ1n) is 4.78. The highest BCUT2D eigenvalue weighted by Gasteiger charge is 2.32. The Labute approximate surface area is 84.2 Å². The molecule has 74 valence electrons. The molecular weight excluding hydrogens is 176 g/mol. The molecule has 2 heteroatoms. The first-order valence-corrected chi connectivity index (χ1v) is 4.78. The molecule has 2 nitrogen and oxygen atoms in total. The van der Waals surface area contributed by atoms with Crippen molar-refractivity contribution in [3.05, 3.63) is 48.6 Å². The van der Waals surface area contributed by atoms with Gasteiger partial charge in [-0.05, 0) is 5.56 Å². The van der Waals surface area contributed by atoms with Crippen molar-refractivity contribution in [1.29, 1.82) is 0 Å². The normalized spacial score (nSPS) is 27.1. The minimum Gasteiger partial charge on any atom is -0.375 e. The van der Waals surface area contributed by atoms with Gasteiger partial charge in [-0.15, -0.1) is 0 Å². The number of rotatable bonds is 2. The van der Waals surface area contributed by atoms with Gasteiger partial charge >= 0.3 is 0 Å². The van der Waals surface area contributed by atoms with Crippen molar-refractivity contribution in [2.75, 3.05) is 19.8 Å². The maximum absolute atomic E-state index is 5.76. The lowest BCUT2D eigenvalue weighted by Crippen LogP contribution is -2.38. The smallest absolute Gasteiger partial charge is 0.134 e. The van der Waals surface area contributed by atoms with E-state index in [9.17, 15) is 0 Å². The van der Waals surface area contributed by atoms with Crippen LogP contribution in [0, 0.1) is 0 Å². The van der Waals surface area contributed by atoms with Gasteiger partial charge in [0.1, 0.15) is 5.60 Å². The van der Waals surface area contributed by atoms with Gasteiger partial charge in [-0.1, -0.05) is 43.0 Å². The Bertz CT molecular complexity index is 299. The monoisotopic (exact) mass is 190 g/mol. The van der Waals surface area contributed by atoms with Crippen molar-refractivity contribution in [1.82, 2.24) is 0 Å². The van der Waals surface area contributed by atoms with Crippen molar-refractivity contribution < 1.29 is 9.47 Å². The third-order valence-electron chi connectivity index (χ3n) is 2.50. The van der Waals surface area contributed by atoms with Crippen LogP contribution in [0.15, 0.2) is 43.0 Å². The van der Waals surface area contributed by atoms with Crippen molar-refractivity contribution in [3.63, 3.8) is 0 Å². The van der Waals surface area contributed by atoms with E-state index < -0.39 is 5.60 Å². The molecule has 0 N–H and O–H groups in total. The van der Waals surface area contributed by atoms with Gasteiger partial charge in [-0.3, -0.25) is 0 Å². The van der Waals surface area contributed by atoms with Gasteiger partial charge in [0, 0.05) is 0 Å². The van der Waals surface area contributed by atoms with E-state index >= 15 is 0 Å². The highest BCUT2D eigenvalue weighted by atomic mass is 16.6. The van der Waals surface area contributed by atoms with Crippen LogP contribution in [0.1, 0.15) is 5.56 Å². The molecule has 1 aliphatic rings. The number of hydrogen-bond acceptors (Lipinski definition) is 2. The van der Waals surface area contributed by atoms with Crippen LogP contribution >= 0.6 is 0 Å². The largest absolute Gasteiger partial charge is 0.375 e. The lowest BCUT2D eigenvalue weighted by atomic mass is 9.94. The molecular formula is C12H14O2. The van der Waals surface area contributed by atoms with Crippen LogP contribution in [0.5, 0.6) is 0 Å². The number of hydrogen-bond donors (Lipinski definition) is 0. The van der Waals surface area contributed by atoms with E-state index in [4.69, 9.17) is 9.47 Å². The summed E-state index contributed by atoms with van der Waals surface area (Å²) < 4.78 is 11.2. The van der Waals surface area contributed by atoms with Crippen LogP contribution in [-0.4, -0.2) is 19.8 Å². The molecule has 0 spiro atoms. The first-order chi connectivity index (χ1) is 6.87. The summed E-state index contributed by atoms with van der Waals surface area (Å²) in [5, 5.41) is 0. The molecule has 1 heterocycles. The second-order valence-corrected chi connectivity index (χ2v) is 3.36. The summed E-state index contributed by atoms with van der Waals surface area (Å²) in [6.07, 6.45) is 1.82. The van der Waals surface area contributed by atoms with Crippen molar-refractivity contribution in [2.24, 2.45) is 0 Å². The van der Waals surface area contributed by atoms with Gasteiger partial charge in [-0.25, -0.2) is 0 Å². The van der Waals surface area contributed by atoms with Crippen molar-refractivity contribution >= 4 is 0 Å². The van der Waals surface area contributed by atoms with Crippen molar-refractivity contribution in [3.8, 4) is 0 Å². The fraction of sp³-hybridized carbons (Fsp3) is 0.333. The topological polar surface area (TPSA) is 18.5 Å². The second kappa shape index (κ2) is 3.95. The van der Waals surface area contributed by atoms with E-state index in [0.29, 0.717) is 19.8 Å². The molecule has 1 aromatic rings. The predicted molar refractivity (Wildman–Crippen MR) is 55.1 cm³/mol. The Morgan fingerprint density at radius 2 is 2.00 bits per heavy atom. The average molecular weight is 190 g/mol. The molecule has 0 saturated carbocycles. The molecule has 14 heavy (non-hydrogen) atoms. The lowest BCUT2D eigenvalue weighted by Gasteiger charge is -2.34. The van der Waals surface area contributed by atoms with Crippen molar-refractivity contribution in [2.45, 2.75) is 5.60 Å². The number of ether oxygens (including phenoxy) is 2. The van der Waals surface area contributed by atoms with E-state index in [1.165, 1.54) is 0 Å². The van der Waals surface area contributed by atoms with E-state index in [1.54, 1.807) is 0 Å². The Morgan fingerprint density at radius 3 is 2.57 bits per heavy atom. The zero-order chi connectivity index (χ0) is 9.86. The van der Waals surface area contributed by atoms with Crippen LogP contribution in [0.25, 0.3) is 0 Å². The Balaban J connectivity index is 2.32. The fourth-order valence-electron chi connectivity index (χ4n) is 1.67. The van der Waals surface area contributed by atoms with E-state index in [0.717, 1.165) is 5.56 Å². The Morgan fingerprint density at radius 1 is 1.21 bits per heavy atom. The third kappa shape index (κ3) is 1.59. The van der Waals surface area contributed by atoms with E-state index in [2.05, 4.69) is 6.58 Å². The van der Waals surface area contributed by atoms with Crippen LogP contribution in [-0.2, 0) is 15.1 Å². The molecule has 0 amide bonds. The van der Waals surface area contributed by atoms with Gasteiger partial charge in [0.2, 0.25) is 0 Å². The molecule has 1 fully saturated rings. The first kappa shape index (κ1) is 9.44. The molecule has 0 bridgehead atoms. The summed E-state index contributed by atoms with van der Waals surface area (Å²) in [4.78, 5) is 0. The standard InChI is InChI=1S/C12H14O2/c1-2-12(10-13-8-9-14-12)11-6-4-3-5-7-11/h2-7H,1,8-10H2/t12-/m1/s1. The lowest BCUT2D eigenvalue weighted by molar-refractivity contribution is -0.136. The zero-order valence-electron chi connectivity index (χ0n) is 8.11. The minimum atomic E-state index is -0.445. The maximum atomic E-state index is 5.76. The van der Waals surface area contributed by atoms with Crippen LogP contribution in [0.4, 0.5) is 0 Å². The molecule has 0 unspecified atom stereocenters. The van der Waals surface area contributed by atoms with Gasteiger partial charge in [-0.2, -0.15) is 0 Å². The Hall–Kier alpha value is -1.12. The summed E-state index contributed by atoms with van der Waals surface area (Å²) >= 11 is 0. The van der Waals surface area contributed by atoms with Gasteiger partial charge in [0.15, 0.2) is 0 Å². The second-order valence-electron chi connectivity index (χ2n) is 3.36. The highest BCUT2D eigenvalue weighted by molar-refractivity contribution is 5.27. The molecule has 1 aliphatic heterocycles. The third-order valence-corrected chi connectivity index (χ3v) is 2.50.